The molecule has 15 heavy (non-hydrogen) atoms. The summed E-state index contributed by atoms with van der Waals surface area (Å²) >= 11 is 3.39. The van der Waals surface area contributed by atoms with Crippen LogP contribution in [0.1, 0.15) is 10.4 Å². The third-order valence-corrected chi connectivity index (χ3v) is 2.77. The Morgan fingerprint density at radius 2 is 2.20 bits per heavy atom. The predicted molar refractivity (Wildman–Crippen MR) is 60.8 cm³/mol. The van der Waals surface area contributed by atoms with E-state index < -0.39 is 0 Å². The average molecular weight is 266 g/mol. The van der Waals surface area contributed by atoms with Crippen LogP contribution in [0.5, 0.6) is 0 Å². The van der Waals surface area contributed by atoms with Crippen molar-refractivity contribution in [2.24, 2.45) is 0 Å². The Hall–Kier alpha value is -1.42. The Balaban J connectivity index is 2.77. The predicted octanol–water partition coefficient (Wildman–Crippen LogP) is 2.78. The van der Waals surface area contributed by atoms with Gasteiger partial charge in [0, 0.05) is 16.1 Å². The van der Waals surface area contributed by atoms with Crippen molar-refractivity contribution in [3.05, 3.63) is 40.5 Å². The van der Waals surface area contributed by atoms with Crippen molar-refractivity contribution in [2.75, 3.05) is 7.11 Å². The van der Waals surface area contributed by atoms with Crippen molar-refractivity contribution in [2.45, 2.75) is 0 Å². The van der Waals surface area contributed by atoms with E-state index in [9.17, 15) is 4.79 Å². The molecule has 0 fully saturated rings. The standard InChI is InChI=1S/C11H8BrNO2/c1-15-11(14)8-4-5-9(12)10-7(8)3-2-6-13-10/h2-6H,1H3. The molecule has 0 aliphatic heterocycles. The van der Waals surface area contributed by atoms with Crippen LogP contribution in [0.25, 0.3) is 10.9 Å². The van der Waals surface area contributed by atoms with Crippen molar-refractivity contribution in [3.63, 3.8) is 0 Å². The van der Waals surface area contributed by atoms with Crippen molar-refractivity contribution >= 4 is 32.8 Å². The molecule has 0 bridgehead atoms. The number of carbonyl (C=O) groups is 1. The molecule has 0 amide bonds. The summed E-state index contributed by atoms with van der Waals surface area (Å²) in [7, 11) is 1.37. The summed E-state index contributed by atoms with van der Waals surface area (Å²) in [4.78, 5) is 15.7. The summed E-state index contributed by atoms with van der Waals surface area (Å²) in [5, 5.41) is 0.790. The van der Waals surface area contributed by atoms with E-state index in [0.717, 1.165) is 15.4 Å². The number of carbonyl (C=O) groups excluding carboxylic acids is 1. The number of hydrogen-bond donors (Lipinski definition) is 0. The molecule has 1 heterocycles. The van der Waals surface area contributed by atoms with E-state index in [4.69, 9.17) is 4.74 Å². The van der Waals surface area contributed by atoms with Crippen LogP contribution < -0.4 is 0 Å². The first-order chi connectivity index (χ1) is 7.24. The first-order valence-corrected chi connectivity index (χ1v) is 5.15. The van der Waals surface area contributed by atoms with Gasteiger partial charge in [-0.25, -0.2) is 4.79 Å². The molecule has 0 N–H and O–H groups in total. The van der Waals surface area contributed by atoms with Crippen LogP contribution in [0.4, 0.5) is 0 Å². The zero-order valence-electron chi connectivity index (χ0n) is 8.03. The second-order valence-electron chi connectivity index (χ2n) is 2.99. The summed E-state index contributed by atoms with van der Waals surface area (Å²) < 4.78 is 5.57. The van der Waals surface area contributed by atoms with Gasteiger partial charge in [-0.1, -0.05) is 6.07 Å². The summed E-state index contributed by atoms with van der Waals surface area (Å²) in [6.07, 6.45) is 1.69. The molecule has 1 aromatic heterocycles. The zero-order valence-corrected chi connectivity index (χ0v) is 9.61. The number of nitrogens with zero attached hydrogens (tertiary/aromatic N) is 1. The Bertz CT molecular complexity index is 525. The SMILES string of the molecule is COC(=O)c1ccc(Br)c2ncccc12. The number of pyridine rings is 1. The third-order valence-electron chi connectivity index (χ3n) is 2.13. The van der Waals surface area contributed by atoms with Crippen molar-refractivity contribution in [1.29, 1.82) is 0 Å². The Morgan fingerprint density at radius 1 is 1.40 bits per heavy atom. The van der Waals surface area contributed by atoms with Gasteiger partial charge in [-0.2, -0.15) is 0 Å². The highest BCUT2D eigenvalue weighted by Crippen LogP contribution is 2.25. The molecule has 3 nitrogen and oxygen atoms in total. The average Bonchev–Trinajstić information content (AvgIpc) is 2.29. The molecule has 76 valence electrons. The Morgan fingerprint density at radius 3 is 2.93 bits per heavy atom. The largest absolute Gasteiger partial charge is 0.465 e. The molecule has 2 rings (SSSR count). The highest BCUT2D eigenvalue weighted by atomic mass is 79.9. The van der Waals surface area contributed by atoms with E-state index in [2.05, 4.69) is 20.9 Å². The second-order valence-corrected chi connectivity index (χ2v) is 3.84. The van der Waals surface area contributed by atoms with Gasteiger partial charge in [-0.15, -0.1) is 0 Å². The summed E-state index contributed by atoms with van der Waals surface area (Å²) in [6, 6.07) is 7.15. The lowest BCUT2D eigenvalue weighted by Crippen LogP contribution is -2.02. The summed E-state index contributed by atoms with van der Waals surface area (Å²) in [6.45, 7) is 0. The molecule has 0 aliphatic carbocycles. The maximum atomic E-state index is 11.5. The fraction of sp³-hybridized carbons (Fsp3) is 0.0909. The number of methoxy groups -OCH3 is 1. The molecule has 0 aliphatic rings. The van der Waals surface area contributed by atoms with Crippen LogP contribution in [0.15, 0.2) is 34.9 Å². The van der Waals surface area contributed by atoms with Crippen LogP contribution in [0.3, 0.4) is 0 Å². The van der Waals surface area contributed by atoms with Crippen LogP contribution in [-0.2, 0) is 4.74 Å². The van der Waals surface area contributed by atoms with E-state index in [1.807, 2.05) is 6.07 Å². The number of hydrogen-bond acceptors (Lipinski definition) is 3. The molecule has 4 heteroatoms. The number of esters is 1. The number of aromatic nitrogens is 1. The number of rotatable bonds is 1. The maximum Gasteiger partial charge on any atom is 0.338 e. The van der Waals surface area contributed by atoms with Gasteiger partial charge in [0.2, 0.25) is 0 Å². The van der Waals surface area contributed by atoms with Crippen LogP contribution >= 0.6 is 15.9 Å². The molecule has 0 saturated carbocycles. The lowest BCUT2D eigenvalue weighted by Gasteiger charge is -2.05. The maximum absolute atomic E-state index is 11.5. The van der Waals surface area contributed by atoms with Gasteiger partial charge in [0.25, 0.3) is 0 Å². The van der Waals surface area contributed by atoms with Gasteiger partial charge < -0.3 is 4.74 Å². The summed E-state index contributed by atoms with van der Waals surface area (Å²) in [5.41, 5.74) is 1.30. The van der Waals surface area contributed by atoms with Crippen molar-refractivity contribution < 1.29 is 9.53 Å². The highest BCUT2D eigenvalue weighted by Gasteiger charge is 2.11. The Labute approximate surface area is 95.2 Å². The van der Waals surface area contributed by atoms with Gasteiger partial charge in [-0.3, -0.25) is 4.98 Å². The molecule has 0 spiro atoms. The van der Waals surface area contributed by atoms with E-state index in [-0.39, 0.29) is 5.97 Å². The second kappa shape index (κ2) is 3.98. The Kier molecular flexibility index (Phi) is 2.68. The first-order valence-electron chi connectivity index (χ1n) is 4.35. The summed E-state index contributed by atoms with van der Waals surface area (Å²) in [5.74, 6) is -0.347. The number of fused-ring (bicyclic) bond motifs is 1. The van der Waals surface area contributed by atoms with Gasteiger partial charge in [-0.05, 0) is 34.1 Å². The van der Waals surface area contributed by atoms with Crippen LogP contribution in [0.2, 0.25) is 0 Å². The number of benzene rings is 1. The molecule has 0 radical (unpaired) electrons. The van der Waals surface area contributed by atoms with Gasteiger partial charge >= 0.3 is 5.97 Å². The van der Waals surface area contributed by atoms with E-state index in [0.29, 0.717) is 5.56 Å². The van der Waals surface area contributed by atoms with E-state index in [1.54, 1.807) is 24.4 Å². The smallest absolute Gasteiger partial charge is 0.338 e. The minimum absolute atomic E-state index is 0.347. The van der Waals surface area contributed by atoms with Gasteiger partial charge in [0.05, 0.1) is 18.2 Å². The van der Waals surface area contributed by atoms with E-state index >= 15 is 0 Å². The number of ether oxygens (including phenoxy) is 1. The van der Waals surface area contributed by atoms with E-state index in [1.165, 1.54) is 7.11 Å². The molecule has 1 aromatic carbocycles. The third kappa shape index (κ3) is 1.72. The minimum atomic E-state index is -0.347. The quantitative estimate of drug-likeness (QED) is 0.745. The fourth-order valence-corrected chi connectivity index (χ4v) is 1.87. The van der Waals surface area contributed by atoms with Crippen LogP contribution in [0, 0.1) is 0 Å². The van der Waals surface area contributed by atoms with Crippen molar-refractivity contribution in [3.8, 4) is 0 Å². The molecule has 2 aromatic rings. The molecular weight excluding hydrogens is 258 g/mol. The molecule has 0 saturated heterocycles. The molecule has 0 unspecified atom stereocenters. The minimum Gasteiger partial charge on any atom is -0.465 e. The topological polar surface area (TPSA) is 39.2 Å². The lowest BCUT2D eigenvalue weighted by molar-refractivity contribution is 0.0603. The van der Waals surface area contributed by atoms with Crippen molar-refractivity contribution in [1.82, 2.24) is 4.98 Å². The first kappa shape index (κ1) is 10.1. The molecular formula is C11H8BrNO2. The number of halogens is 1. The normalized spacial score (nSPS) is 10.3. The van der Waals surface area contributed by atoms with Gasteiger partial charge in [0.1, 0.15) is 0 Å². The fourth-order valence-electron chi connectivity index (χ4n) is 1.43. The monoisotopic (exact) mass is 265 g/mol. The lowest BCUT2D eigenvalue weighted by atomic mass is 10.1. The van der Waals surface area contributed by atoms with Gasteiger partial charge in [0.15, 0.2) is 0 Å². The van der Waals surface area contributed by atoms with Crippen LogP contribution in [-0.4, -0.2) is 18.1 Å². The highest BCUT2D eigenvalue weighted by molar-refractivity contribution is 9.10. The zero-order chi connectivity index (χ0) is 10.8. The molecule has 0 atom stereocenters.